The lowest BCUT2D eigenvalue weighted by Crippen LogP contribution is -2.42. The van der Waals surface area contributed by atoms with E-state index in [-0.39, 0.29) is 11.4 Å². The Labute approximate surface area is 99.6 Å². The molecule has 1 amide bonds. The van der Waals surface area contributed by atoms with Crippen molar-refractivity contribution in [3.8, 4) is 0 Å². The standard InChI is InChI=1S/C11H16ClNOS/c1-7-5-6-15-9(7)8(12)10(14)13-11(2,3)4/h5-6,8H,1-4H3,(H,13,14). The fraction of sp³-hybridized carbons (Fsp3) is 0.545. The molecule has 1 N–H and O–H groups in total. The monoisotopic (exact) mass is 245 g/mol. The van der Waals surface area contributed by atoms with Gasteiger partial charge in [-0.15, -0.1) is 22.9 Å². The predicted octanol–water partition coefficient (Wildman–Crippen LogP) is 3.25. The normalized spacial score (nSPS) is 13.7. The van der Waals surface area contributed by atoms with Crippen molar-refractivity contribution in [2.75, 3.05) is 0 Å². The van der Waals surface area contributed by atoms with Crippen molar-refractivity contribution < 1.29 is 4.79 Å². The first-order valence-electron chi connectivity index (χ1n) is 4.81. The van der Waals surface area contributed by atoms with Gasteiger partial charge in [0.2, 0.25) is 5.91 Å². The predicted molar refractivity (Wildman–Crippen MR) is 65.5 cm³/mol. The molecule has 0 bridgehead atoms. The molecule has 1 aromatic rings. The van der Waals surface area contributed by atoms with Gasteiger partial charge in [-0.3, -0.25) is 4.79 Å². The number of halogens is 1. The number of aryl methyl sites for hydroxylation is 1. The quantitative estimate of drug-likeness (QED) is 0.797. The Morgan fingerprint density at radius 1 is 1.53 bits per heavy atom. The summed E-state index contributed by atoms with van der Waals surface area (Å²) < 4.78 is 0. The molecule has 2 nitrogen and oxygen atoms in total. The van der Waals surface area contributed by atoms with E-state index in [1.54, 1.807) is 0 Å². The summed E-state index contributed by atoms with van der Waals surface area (Å²) in [5, 5.41) is 4.24. The molecule has 15 heavy (non-hydrogen) atoms. The third-order valence-electron chi connectivity index (χ3n) is 1.86. The summed E-state index contributed by atoms with van der Waals surface area (Å²) in [6, 6.07) is 1.97. The van der Waals surface area contributed by atoms with E-state index in [1.165, 1.54) is 11.3 Å². The second-order valence-electron chi connectivity index (χ2n) is 4.57. The number of rotatable bonds is 2. The van der Waals surface area contributed by atoms with E-state index in [0.29, 0.717) is 0 Å². The van der Waals surface area contributed by atoms with Crippen LogP contribution in [-0.2, 0) is 4.79 Å². The smallest absolute Gasteiger partial charge is 0.243 e. The van der Waals surface area contributed by atoms with Crippen LogP contribution in [0.2, 0.25) is 0 Å². The van der Waals surface area contributed by atoms with E-state index >= 15 is 0 Å². The Morgan fingerprint density at radius 2 is 2.13 bits per heavy atom. The maximum Gasteiger partial charge on any atom is 0.243 e. The summed E-state index contributed by atoms with van der Waals surface area (Å²) in [4.78, 5) is 12.7. The molecule has 0 saturated carbocycles. The first kappa shape index (κ1) is 12.5. The van der Waals surface area contributed by atoms with Crippen molar-refractivity contribution in [3.05, 3.63) is 21.9 Å². The van der Waals surface area contributed by atoms with E-state index < -0.39 is 5.38 Å². The highest BCUT2D eigenvalue weighted by molar-refractivity contribution is 7.10. The minimum absolute atomic E-state index is 0.130. The van der Waals surface area contributed by atoms with Gasteiger partial charge in [0.1, 0.15) is 5.38 Å². The lowest BCUT2D eigenvalue weighted by molar-refractivity contribution is -0.122. The van der Waals surface area contributed by atoms with Crippen LogP contribution in [0, 0.1) is 6.92 Å². The third-order valence-corrected chi connectivity index (χ3v) is 3.49. The molecule has 1 heterocycles. The van der Waals surface area contributed by atoms with Crippen LogP contribution in [0.5, 0.6) is 0 Å². The Balaban J connectivity index is 2.74. The molecule has 0 aliphatic rings. The van der Waals surface area contributed by atoms with Crippen LogP contribution in [-0.4, -0.2) is 11.4 Å². The molecule has 0 aromatic carbocycles. The zero-order chi connectivity index (χ0) is 11.6. The van der Waals surface area contributed by atoms with Gasteiger partial charge in [0, 0.05) is 10.4 Å². The Hall–Kier alpha value is -0.540. The Bertz CT molecular complexity index is 354. The summed E-state index contributed by atoms with van der Waals surface area (Å²) >= 11 is 7.63. The van der Waals surface area contributed by atoms with Gasteiger partial charge in [-0.1, -0.05) is 0 Å². The highest BCUT2D eigenvalue weighted by atomic mass is 35.5. The number of hydrogen-bond acceptors (Lipinski definition) is 2. The van der Waals surface area contributed by atoms with Crippen LogP contribution in [0.15, 0.2) is 11.4 Å². The van der Waals surface area contributed by atoms with Crippen LogP contribution < -0.4 is 5.32 Å². The van der Waals surface area contributed by atoms with Gasteiger partial charge >= 0.3 is 0 Å². The SMILES string of the molecule is Cc1ccsc1C(Cl)C(=O)NC(C)(C)C. The first-order valence-corrected chi connectivity index (χ1v) is 6.13. The van der Waals surface area contributed by atoms with Crippen LogP contribution >= 0.6 is 22.9 Å². The van der Waals surface area contributed by atoms with E-state index in [2.05, 4.69) is 5.32 Å². The summed E-state index contributed by atoms with van der Waals surface area (Å²) in [5.41, 5.74) is 0.833. The molecule has 84 valence electrons. The molecule has 1 aromatic heterocycles. The molecule has 0 saturated heterocycles. The number of alkyl halides is 1. The second kappa shape index (κ2) is 4.54. The van der Waals surface area contributed by atoms with Crippen molar-refractivity contribution in [3.63, 3.8) is 0 Å². The number of thiophene rings is 1. The molecule has 0 aliphatic carbocycles. The zero-order valence-electron chi connectivity index (χ0n) is 9.43. The molecule has 0 radical (unpaired) electrons. The van der Waals surface area contributed by atoms with Crippen LogP contribution in [0.3, 0.4) is 0 Å². The first-order chi connectivity index (χ1) is 6.81. The van der Waals surface area contributed by atoms with Crippen molar-refractivity contribution >= 4 is 28.8 Å². The molecule has 0 aliphatic heterocycles. The number of amides is 1. The Kier molecular flexibility index (Phi) is 3.79. The maximum absolute atomic E-state index is 11.8. The molecular weight excluding hydrogens is 230 g/mol. The van der Waals surface area contributed by atoms with Gasteiger partial charge in [-0.25, -0.2) is 0 Å². The summed E-state index contributed by atoms with van der Waals surface area (Å²) in [6.45, 7) is 7.78. The van der Waals surface area contributed by atoms with E-state index in [1.807, 2.05) is 39.1 Å². The van der Waals surface area contributed by atoms with Crippen LogP contribution in [0.25, 0.3) is 0 Å². The number of carbonyl (C=O) groups is 1. The van der Waals surface area contributed by atoms with E-state index in [0.717, 1.165) is 10.4 Å². The van der Waals surface area contributed by atoms with Crippen molar-refractivity contribution in [1.82, 2.24) is 5.32 Å². The fourth-order valence-corrected chi connectivity index (χ4v) is 2.48. The van der Waals surface area contributed by atoms with Gasteiger partial charge in [0.15, 0.2) is 0 Å². The third kappa shape index (κ3) is 3.50. The number of nitrogens with one attached hydrogen (secondary N) is 1. The minimum Gasteiger partial charge on any atom is -0.350 e. The van der Waals surface area contributed by atoms with Gasteiger partial charge in [0.05, 0.1) is 0 Å². The average Bonchev–Trinajstić information content (AvgIpc) is 2.47. The number of hydrogen-bond donors (Lipinski definition) is 1. The van der Waals surface area contributed by atoms with Gasteiger partial charge < -0.3 is 5.32 Å². The molecular formula is C11H16ClNOS. The average molecular weight is 246 g/mol. The lowest BCUT2D eigenvalue weighted by atomic mass is 10.1. The van der Waals surface area contributed by atoms with Crippen molar-refractivity contribution in [2.45, 2.75) is 38.6 Å². The van der Waals surface area contributed by atoms with Crippen molar-refractivity contribution in [1.29, 1.82) is 0 Å². The molecule has 1 atom stereocenters. The highest BCUT2D eigenvalue weighted by Gasteiger charge is 2.24. The number of carbonyl (C=O) groups excluding carboxylic acids is 1. The van der Waals surface area contributed by atoms with Crippen LogP contribution in [0.4, 0.5) is 0 Å². The summed E-state index contributed by atoms with van der Waals surface area (Å²) in [6.07, 6.45) is 0. The van der Waals surface area contributed by atoms with Gasteiger partial charge in [-0.2, -0.15) is 0 Å². The summed E-state index contributed by atoms with van der Waals surface area (Å²) in [7, 11) is 0. The second-order valence-corrected chi connectivity index (χ2v) is 5.95. The van der Waals surface area contributed by atoms with Crippen LogP contribution in [0.1, 0.15) is 36.6 Å². The highest BCUT2D eigenvalue weighted by Crippen LogP contribution is 2.29. The largest absolute Gasteiger partial charge is 0.350 e. The van der Waals surface area contributed by atoms with E-state index in [4.69, 9.17) is 11.6 Å². The minimum atomic E-state index is -0.579. The molecule has 1 rings (SSSR count). The summed E-state index contributed by atoms with van der Waals surface area (Å²) in [5.74, 6) is -0.130. The van der Waals surface area contributed by atoms with Crippen molar-refractivity contribution in [2.24, 2.45) is 0 Å². The topological polar surface area (TPSA) is 29.1 Å². The Morgan fingerprint density at radius 3 is 2.53 bits per heavy atom. The zero-order valence-corrected chi connectivity index (χ0v) is 11.0. The maximum atomic E-state index is 11.8. The molecule has 4 heteroatoms. The molecule has 1 unspecified atom stereocenters. The van der Waals surface area contributed by atoms with E-state index in [9.17, 15) is 4.79 Å². The lowest BCUT2D eigenvalue weighted by Gasteiger charge is -2.22. The van der Waals surface area contributed by atoms with Gasteiger partial charge in [-0.05, 0) is 44.7 Å². The van der Waals surface area contributed by atoms with Gasteiger partial charge in [0.25, 0.3) is 0 Å². The molecule has 0 spiro atoms. The molecule has 0 fully saturated rings. The fourth-order valence-electron chi connectivity index (χ4n) is 1.20.